The van der Waals surface area contributed by atoms with Crippen LogP contribution < -0.4 is 10.3 Å². The van der Waals surface area contributed by atoms with Gasteiger partial charge in [-0.05, 0) is 34.7 Å². The van der Waals surface area contributed by atoms with E-state index in [1.54, 1.807) is 31.2 Å². The van der Waals surface area contributed by atoms with Gasteiger partial charge in [0.2, 0.25) is 0 Å². The van der Waals surface area contributed by atoms with E-state index in [9.17, 15) is 4.79 Å². The van der Waals surface area contributed by atoms with Crippen LogP contribution in [0.4, 0.5) is 0 Å². The van der Waals surface area contributed by atoms with E-state index >= 15 is 0 Å². The molecule has 0 radical (unpaired) electrons. The summed E-state index contributed by atoms with van der Waals surface area (Å²) in [5.41, 5.74) is 3.13. The molecule has 0 atom stereocenters. The molecule has 7 heteroatoms. The third-order valence-electron chi connectivity index (χ3n) is 2.05. The lowest BCUT2D eigenvalue weighted by Gasteiger charge is -2.06. The largest absolute Gasteiger partial charge is 0.380 e. The zero-order chi connectivity index (χ0) is 12.1. The van der Waals surface area contributed by atoms with Gasteiger partial charge in [0.1, 0.15) is 6.33 Å². The molecule has 0 bridgehead atoms. The van der Waals surface area contributed by atoms with Crippen LogP contribution in [0.5, 0.6) is 5.75 Å². The molecule has 2 rings (SSSR count). The number of hydrogen-bond acceptors (Lipinski definition) is 5. The fourth-order valence-corrected chi connectivity index (χ4v) is 1.13. The molecule has 0 saturated heterocycles. The first-order chi connectivity index (χ1) is 8.29. The highest BCUT2D eigenvalue weighted by Crippen LogP contribution is 2.13. The zero-order valence-corrected chi connectivity index (χ0v) is 9.20. The number of tetrazole rings is 1. The van der Waals surface area contributed by atoms with Crippen molar-refractivity contribution in [3.63, 3.8) is 0 Å². The molecule has 1 heterocycles. The molecule has 0 unspecified atom stereocenters. The van der Waals surface area contributed by atoms with Crippen molar-refractivity contribution in [3.8, 4) is 11.4 Å². The molecular formula is C10H11N5O2. The molecule has 0 aliphatic rings. The van der Waals surface area contributed by atoms with Crippen LogP contribution in [0.3, 0.4) is 0 Å². The Balaban J connectivity index is 2.01. The van der Waals surface area contributed by atoms with E-state index in [1.807, 2.05) is 0 Å². The predicted molar refractivity (Wildman–Crippen MR) is 58.2 cm³/mol. The number of aromatic nitrogens is 4. The number of hydroxylamine groups is 1. The Bertz CT molecular complexity index is 480. The van der Waals surface area contributed by atoms with Gasteiger partial charge in [-0.25, -0.2) is 4.68 Å². The molecule has 0 aliphatic carbocycles. The molecule has 2 aromatic rings. The molecule has 0 fully saturated rings. The molecule has 1 amide bonds. The number of rotatable bonds is 4. The summed E-state index contributed by atoms with van der Waals surface area (Å²) in [6.45, 7) is 1.75. The van der Waals surface area contributed by atoms with Crippen molar-refractivity contribution in [1.82, 2.24) is 25.7 Å². The first-order valence-corrected chi connectivity index (χ1v) is 5.08. The summed E-state index contributed by atoms with van der Waals surface area (Å²) < 4.78 is 1.52. The van der Waals surface area contributed by atoms with Crippen LogP contribution >= 0.6 is 0 Å². The topological polar surface area (TPSA) is 81.9 Å². The number of nitrogens with zero attached hydrogens (tertiary/aromatic N) is 4. The molecule has 1 N–H and O–H groups in total. The summed E-state index contributed by atoms with van der Waals surface area (Å²) in [5, 5.41) is 10.8. The SMILES string of the molecule is CCC(=O)NOc1ccc(-n2cnnn2)cc1. The second-order valence-electron chi connectivity index (χ2n) is 3.23. The third kappa shape index (κ3) is 2.77. The fraction of sp³-hybridized carbons (Fsp3) is 0.200. The molecule has 1 aromatic carbocycles. The van der Waals surface area contributed by atoms with Crippen molar-refractivity contribution in [2.45, 2.75) is 13.3 Å². The van der Waals surface area contributed by atoms with Gasteiger partial charge < -0.3 is 4.84 Å². The Hall–Kier alpha value is -2.44. The maximum absolute atomic E-state index is 11.0. The standard InChI is InChI=1S/C10H11N5O2/c1-2-10(16)12-17-9-5-3-8(4-6-9)15-7-11-13-14-15/h3-7H,2H2,1H3,(H,12,16). The maximum Gasteiger partial charge on any atom is 0.252 e. The van der Waals surface area contributed by atoms with Gasteiger partial charge in [-0.15, -0.1) is 5.10 Å². The lowest BCUT2D eigenvalue weighted by Crippen LogP contribution is -2.25. The molecule has 88 valence electrons. The first-order valence-electron chi connectivity index (χ1n) is 5.08. The summed E-state index contributed by atoms with van der Waals surface area (Å²) in [4.78, 5) is 16.0. The minimum absolute atomic E-state index is 0.172. The molecule has 0 spiro atoms. The van der Waals surface area contributed by atoms with E-state index in [1.165, 1.54) is 11.0 Å². The monoisotopic (exact) mass is 233 g/mol. The Morgan fingerprint density at radius 1 is 1.41 bits per heavy atom. The predicted octanol–water partition coefficient (Wildman–Crippen LogP) is 0.482. The fourth-order valence-electron chi connectivity index (χ4n) is 1.13. The molecule has 1 aromatic heterocycles. The van der Waals surface area contributed by atoms with Crippen LogP contribution in [0.15, 0.2) is 30.6 Å². The van der Waals surface area contributed by atoms with Gasteiger partial charge >= 0.3 is 0 Å². The summed E-state index contributed by atoms with van der Waals surface area (Å²) in [6, 6.07) is 6.99. The van der Waals surface area contributed by atoms with Gasteiger partial charge in [0.15, 0.2) is 5.75 Å². The summed E-state index contributed by atoms with van der Waals surface area (Å²) in [7, 11) is 0. The van der Waals surface area contributed by atoms with E-state index in [4.69, 9.17) is 4.84 Å². The van der Waals surface area contributed by atoms with Crippen molar-refractivity contribution in [3.05, 3.63) is 30.6 Å². The quantitative estimate of drug-likeness (QED) is 0.777. The number of carbonyl (C=O) groups is 1. The number of hydrogen-bond donors (Lipinski definition) is 1. The minimum atomic E-state index is -0.172. The molecule has 17 heavy (non-hydrogen) atoms. The van der Waals surface area contributed by atoms with Crippen molar-refractivity contribution in [1.29, 1.82) is 0 Å². The zero-order valence-electron chi connectivity index (χ0n) is 9.20. The number of nitrogens with one attached hydrogen (secondary N) is 1. The Morgan fingerprint density at radius 2 is 2.18 bits per heavy atom. The van der Waals surface area contributed by atoms with Gasteiger partial charge in [-0.1, -0.05) is 6.92 Å². The van der Waals surface area contributed by atoms with E-state index in [0.717, 1.165) is 5.69 Å². The van der Waals surface area contributed by atoms with Gasteiger partial charge in [-0.3, -0.25) is 4.79 Å². The molecular weight excluding hydrogens is 222 g/mol. The Morgan fingerprint density at radius 3 is 2.76 bits per heavy atom. The maximum atomic E-state index is 11.0. The van der Waals surface area contributed by atoms with Crippen LogP contribution in [0.2, 0.25) is 0 Å². The van der Waals surface area contributed by atoms with E-state index < -0.39 is 0 Å². The molecule has 0 saturated carbocycles. The van der Waals surface area contributed by atoms with Crippen LogP contribution in [-0.4, -0.2) is 26.1 Å². The van der Waals surface area contributed by atoms with E-state index in [-0.39, 0.29) is 5.91 Å². The summed E-state index contributed by atoms with van der Waals surface area (Å²) >= 11 is 0. The first kappa shape index (κ1) is 11.1. The highest BCUT2D eigenvalue weighted by molar-refractivity contribution is 5.74. The second kappa shape index (κ2) is 5.06. The smallest absolute Gasteiger partial charge is 0.252 e. The van der Waals surface area contributed by atoms with Crippen molar-refractivity contribution in [2.24, 2.45) is 0 Å². The normalized spacial score (nSPS) is 9.94. The Labute approximate surface area is 97.3 Å². The van der Waals surface area contributed by atoms with Crippen molar-refractivity contribution >= 4 is 5.91 Å². The number of benzene rings is 1. The van der Waals surface area contributed by atoms with Gasteiger partial charge in [0.05, 0.1) is 5.69 Å². The van der Waals surface area contributed by atoms with Crippen LogP contribution in [-0.2, 0) is 4.79 Å². The van der Waals surface area contributed by atoms with Crippen LogP contribution in [0.1, 0.15) is 13.3 Å². The Kier molecular flexibility index (Phi) is 3.29. The lowest BCUT2D eigenvalue weighted by molar-refractivity contribution is -0.127. The number of carbonyl (C=O) groups excluding carboxylic acids is 1. The average Bonchev–Trinajstić information content (AvgIpc) is 2.90. The van der Waals surface area contributed by atoms with Crippen LogP contribution in [0, 0.1) is 0 Å². The minimum Gasteiger partial charge on any atom is -0.380 e. The highest BCUT2D eigenvalue weighted by atomic mass is 16.7. The molecule has 0 aliphatic heterocycles. The van der Waals surface area contributed by atoms with Gasteiger partial charge in [0.25, 0.3) is 5.91 Å². The third-order valence-corrected chi connectivity index (χ3v) is 2.05. The average molecular weight is 233 g/mol. The van der Waals surface area contributed by atoms with Crippen molar-refractivity contribution < 1.29 is 9.63 Å². The number of amides is 1. The lowest BCUT2D eigenvalue weighted by atomic mass is 10.3. The van der Waals surface area contributed by atoms with Gasteiger partial charge in [0, 0.05) is 6.42 Å². The molecule has 7 nitrogen and oxygen atoms in total. The highest BCUT2D eigenvalue weighted by Gasteiger charge is 2.00. The van der Waals surface area contributed by atoms with Gasteiger partial charge in [-0.2, -0.15) is 5.48 Å². The summed E-state index contributed by atoms with van der Waals surface area (Å²) in [6.07, 6.45) is 1.87. The second-order valence-corrected chi connectivity index (χ2v) is 3.23. The van der Waals surface area contributed by atoms with E-state index in [0.29, 0.717) is 12.2 Å². The summed E-state index contributed by atoms with van der Waals surface area (Å²) in [5.74, 6) is 0.373. The van der Waals surface area contributed by atoms with Crippen LogP contribution in [0.25, 0.3) is 5.69 Å². The van der Waals surface area contributed by atoms with Crippen molar-refractivity contribution in [2.75, 3.05) is 0 Å². The van der Waals surface area contributed by atoms with E-state index in [2.05, 4.69) is 21.0 Å².